The molecule has 0 atom stereocenters. The van der Waals surface area contributed by atoms with E-state index < -0.39 is 17.0 Å². The Labute approximate surface area is 198 Å². The molecule has 0 radical (unpaired) electrons. The number of carbonyl (C=O) groups excluding carboxylic acids is 1. The highest BCUT2D eigenvalue weighted by Gasteiger charge is 2.22. The molecule has 12 heteroatoms. The summed E-state index contributed by atoms with van der Waals surface area (Å²) in [6.45, 7) is 6.58. The predicted octanol–water partition coefficient (Wildman–Crippen LogP) is 2.75. The third kappa shape index (κ3) is 5.63. The monoisotopic (exact) mass is 490 g/mol. The summed E-state index contributed by atoms with van der Waals surface area (Å²) in [5, 5.41) is 11.9. The number of nitrogens with two attached hydrogens (primary N) is 1. The van der Waals surface area contributed by atoms with E-state index in [4.69, 9.17) is 10.5 Å². The molecule has 0 aliphatic carbocycles. The summed E-state index contributed by atoms with van der Waals surface area (Å²) in [5.74, 6) is 0.169. The van der Waals surface area contributed by atoms with Gasteiger partial charge in [0.1, 0.15) is 17.1 Å². The Kier molecular flexibility index (Phi) is 7.92. The van der Waals surface area contributed by atoms with Crippen molar-refractivity contribution in [3.05, 3.63) is 50.7 Å². The second kappa shape index (κ2) is 10.7. The fraction of sp³-hybridized carbons (Fsp3) is 0.381. The number of ketones is 1. The van der Waals surface area contributed by atoms with Crippen LogP contribution in [0, 0.1) is 5.92 Å². The minimum Gasteiger partial charge on any atom is -0.492 e. The van der Waals surface area contributed by atoms with Crippen LogP contribution in [-0.2, 0) is 13.6 Å². The molecule has 1 aromatic carbocycles. The number of Topliss-reactive ketones (excluding diaryl/α,β-unsaturated/α-hetero) is 1. The number of rotatable bonds is 10. The number of nitrogens with zero attached hydrogens (tertiary/aromatic N) is 4. The summed E-state index contributed by atoms with van der Waals surface area (Å²) >= 11 is 2.42. The molecule has 0 aliphatic rings. The summed E-state index contributed by atoms with van der Waals surface area (Å²) in [4.78, 5) is 37.9. The lowest BCUT2D eigenvalue weighted by molar-refractivity contribution is 0.102. The van der Waals surface area contributed by atoms with Crippen LogP contribution in [0.5, 0.6) is 5.75 Å². The molecule has 3 rings (SSSR count). The Hall–Kier alpha value is -3.12. The van der Waals surface area contributed by atoms with Crippen LogP contribution in [0.2, 0.25) is 0 Å². The number of thioether (sulfide) groups is 1. The first-order valence-electron chi connectivity index (χ1n) is 10.3. The van der Waals surface area contributed by atoms with E-state index in [1.807, 2.05) is 45.0 Å². The first-order valence-corrected chi connectivity index (χ1v) is 12.1. The Morgan fingerprint density at radius 2 is 2.00 bits per heavy atom. The van der Waals surface area contributed by atoms with Crippen molar-refractivity contribution in [2.75, 3.05) is 23.4 Å². The topological polar surface area (TPSA) is 134 Å². The van der Waals surface area contributed by atoms with Crippen molar-refractivity contribution >= 4 is 45.5 Å². The van der Waals surface area contributed by atoms with Gasteiger partial charge in [-0.3, -0.25) is 18.7 Å². The molecule has 3 aromatic rings. The van der Waals surface area contributed by atoms with Gasteiger partial charge in [0.25, 0.3) is 5.56 Å². The minimum atomic E-state index is -0.699. The second-order valence-electron chi connectivity index (χ2n) is 7.55. The number of benzene rings is 1. The fourth-order valence-corrected chi connectivity index (χ4v) is 4.71. The van der Waals surface area contributed by atoms with E-state index in [1.54, 1.807) is 0 Å². The normalized spacial score (nSPS) is 11.1. The van der Waals surface area contributed by atoms with Crippen LogP contribution < -0.4 is 27.0 Å². The molecular weight excluding hydrogens is 464 g/mol. The van der Waals surface area contributed by atoms with Crippen LogP contribution in [0.25, 0.3) is 0 Å². The zero-order valence-electron chi connectivity index (χ0n) is 18.8. The number of anilines is 3. The van der Waals surface area contributed by atoms with E-state index in [-0.39, 0.29) is 23.1 Å². The van der Waals surface area contributed by atoms with Crippen molar-refractivity contribution in [2.24, 2.45) is 13.0 Å². The Morgan fingerprint density at radius 3 is 2.70 bits per heavy atom. The average Bonchev–Trinajstić information content (AvgIpc) is 3.23. The molecule has 3 N–H and O–H groups in total. The molecular formula is C21H26N6O4S2. The van der Waals surface area contributed by atoms with Crippen LogP contribution >= 0.6 is 23.1 Å². The van der Waals surface area contributed by atoms with Crippen molar-refractivity contribution in [3.63, 3.8) is 0 Å². The predicted molar refractivity (Wildman–Crippen MR) is 131 cm³/mol. The quantitative estimate of drug-likeness (QED) is 0.325. The van der Waals surface area contributed by atoms with E-state index in [2.05, 4.69) is 15.5 Å². The first-order chi connectivity index (χ1) is 15.7. The van der Waals surface area contributed by atoms with Crippen molar-refractivity contribution in [1.29, 1.82) is 0 Å². The van der Waals surface area contributed by atoms with Crippen LogP contribution in [0.1, 0.15) is 31.1 Å². The SMILES string of the molecule is CCOc1ccccc1Nc1nnc(SCC(=O)c2c(N)n(CC(C)C)c(=O)n(C)c2=O)s1. The van der Waals surface area contributed by atoms with Crippen LogP contribution in [0.3, 0.4) is 0 Å². The van der Waals surface area contributed by atoms with E-state index in [0.717, 1.165) is 22.0 Å². The van der Waals surface area contributed by atoms with Crippen molar-refractivity contribution in [3.8, 4) is 5.75 Å². The smallest absolute Gasteiger partial charge is 0.332 e. The van der Waals surface area contributed by atoms with Crippen LogP contribution in [0.4, 0.5) is 16.6 Å². The van der Waals surface area contributed by atoms with Gasteiger partial charge in [0, 0.05) is 13.6 Å². The van der Waals surface area contributed by atoms with Gasteiger partial charge in [-0.25, -0.2) is 4.79 Å². The van der Waals surface area contributed by atoms with Gasteiger partial charge in [0.2, 0.25) is 5.13 Å². The van der Waals surface area contributed by atoms with Gasteiger partial charge in [0.05, 0.1) is 18.0 Å². The number of hydrogen-bond donors (Lipinski definition) is 2. The summed E-state index contributed by atoms with van der Waals surface area (Å²) in [6, 6.07) is 7.48. The van der Waals surface area contributed by atoms with Crippen LogP contribution in [-0.4, -0.2) is 37.5 Å². The Morgan fingerprint density at radius 1 is 1.27 bits per heavy atom. The van der Waals surface area contributed by atoms with E-state index in [1.165, 1.54) is 23.0 Å². The van der Waals surface area contributed by atoms with Crippen LogP contribution in [0.15, 0.2) is 38.2 Å². The molecule has 0 spiro atoms. The van der Waals surface area contributed by atoms with Gasteiger partial charge in [-0.1, -0.05) is 49.1 Å². The summed E-state index contributed by atoms with van der Waals surface area (Å²) in [6.07, 6.45) is 0. The number of nitrogens with one attached hydrogen (secondary N) is 1. The van der Waals surface area contributed by atoms with Gasteiger partial charge in [-0.05, 0) is 25.0 Å². The number of nitrogen functional groups attached to an aromatic ring is 1. The van der Waals surface area contributed by atoms with E-state index in [0.29, 0.717) is 28.4 Å². The molecule has 0 bridgehead atoms. The Balaban J connectivity index is 1.75. The zero-order valence-corrected chi connectivity index (χ0v) is 20.5. The van der Waals surface area contributed by atoms with Gasteiger partial charge in [-0.2, -0.15) is 0 Å². The number of para-hydroxylation sites is 2. The maximum absolute atomic E-state index is 12.9. The van der Waals surface area contributed by atoms with Gasteiger partial charge in [0.15, 0.2) is 10.1 Å². The molecule has 2 aromatic heterocycles. The first kappa shape index (κ1) is 24.5. The number of hydrogen-bond acceptors (Lipinski definition) is 10. The molecule has 0 aliphatic heterocycles. The lowest BCUT2D eigenvalue weighted by atomic mass is 10.2. The molecule has 176 valence electrons. The molecule has 0 fully saturated rings. The number of aromatic nitrogens is 4. The Bertz CT molecular complexity index is 1260. The standard InChI is InChI=1S/C21H26N6O4S2/c1-5-31-15-9-7-6-8-13(15)23-19-24-25-20(33-19)32-11-14(28)16-17(22)27(10-12(2)3)21(30)26(4)18(16)29/h6-9,12H,5,10-11,22H2,1-4H3,(H,23,24). The maximum atomic E-state index is 12.9. The largest absolute Gasteiger partial charge is 0.492 e. The molecule has 0 amide bonds. The molecule has 33 heavy (non-hydrogen) atoms. The average molecular weight is 491 g/mol. The van der Waals surface area contributed by atoms with Gasteiger partial charge >= 0.3 is 5.69 Å². The van der Waals surface area contributed by atoms with Crippen molar-refractivity contribution in [1.82, 2.24) is 19.3 Å². The third-order valence-corrected chi connectivity index (χ3v) is 6.54. The molecule has 0 saturated heterocycles. The van der Waals surface area contributed by atoms with E-state index in [9.17, 15) is 14.4 Å². The lowest BCUT2D eigenvalue weighted by Gasteiger charge is -2.15. The van der Waals surface area contributed by atoms with E-state index >= 15 is 0 Å². The zero-order chi connectivity index (χ0) is 24.1. The fourth-order valence-electron chi connectivity index (χ4n) is 3.07. The number of carbonyl (C=O) groups is 1. The van der Waals surface area contributed by atoms with Crippen molar-refractivity contribution in [2.45, 2.75) is 31.7 Å². The van der Waals surface area contributed by atoms with Gasteiger partial charge in [-0.15, -0.1) is 10.2 Å². The number of ether oxygens (including phenoxy) is 1. The second-order valence-corrected chi connectivity index (χ2v) is 9.75. The molecule has 0 unspecified atom stereocenters. The minimum absolute atomic E-state index is 0.0660. The molecule has 2 heterocycles. The highest BCUT2D eigenvalue weighted by atomic mass is 32.2. The summed E-state index contributed by atoms with van der Waals surface area (Å²) in [7, 11) is 1.34. The van der Waals surface area contributed by atoms with Crippen molar-refractivity contribution < 1.29 is 9.53 Å². The molecule has 0 saturated carbocycles. The lowest BCUT2D eigenvalue weighted by Crippen LogP contribution is -2.43. The third-order valence-electron chi connectivity index (χ3n) is 4.57. The summed E-state index contributed by atoms with van der Waals surface area (Å²) < 4.78 is 8.33. The highest BCUT2D eigenvalue weighted by molar-refractivity contribution is 8.01. The van der Waals surface area contributed by atoms with Gasteiger partial charge < -0.3 is 15.8 Å². The maximum Gasteiger partial charge on any atom is 0.332 e. The summed E-state index contributed by atoms with van der Waals surface area (Å²) in [5.41, 5.74) is 5.41. The molecule has 10 nitrogen and oxygen atoms in total. The highest BCUT2D eigenvalue weighted by Crippen LogP contribution is 2.31.